The zero-order valence-electron chi connectivity index (χ0n) is 15.2. The van der Waals surface area contributed by atoms with Gasteiger partial charge in [0.1, 0.15) is 5.75 Å². The Bertz CT molecular complexity index is 787. The monoisotopic (exact) mass is 369 g/mol. The minimum absolute atomic E-state index is 0.130. The minimum Gasteiger partial charge on any atom is -0.426 e. The van der Waals surface area contributed by atoms with Crippen LogP contribution in [0.1, 0.15) is 36.3 Å². The summed E-state index contributed by atoms with van der Waals surface area (Å²) in [6.45, 7) is 2.09. The molecule has 0 saturated carbocycles. The molecule has 2 saturated heterocycles. The van der Waals surface area contributed by atoms with Gasteiger partial charge in [0.25, 0.3) is 0 Å². The van der Waals surface area contributed by atoms with Gasteiger partial charge in [-0.05, 0) is 63.1 Å². The highest BCUT2D eigenvalue weighted by Crippen LogP contribution is 2.46. The summed E-state index contributed by atoms with van der Waals surface area (Å²) in [6, 6.07) is 16.4. The highest BCUT2D eigenvalue weighted by atomic mass is 35.5. The molecular weight excluding hydrogens is 346 g/mol. The third kappa shape index (κ3) is 3.26. The number of rotatable bonds is 3. The van der Waals surface area contributed by atoms with Gasteiger partial charge in [0.05, 0.1) is 5.92 Å². The SMILES string of the molecule is Cc1ccc([C@H]2C[C@@H]3CC[C@H]([C@H]2C(=O)Oc2ccc(Cl)cc2)N3C)cc1. The number of benzene rings is 2. The number of esters is 1. The lowest BCUT2D eigenvalue weighted by Gasteiger charge is -2.41. The van der Waals surface area contributed by atoms with E-state index < -0.39 is 0 Å². The van der Waals surface area contributed by atoms with Crippen LogP contribution in [-0.2, 0) is 4.79 Å². The Balaban J connectivity index is 1.63. The highest BCUT2D eigenvalue weighted by molar-refractivity contribution is 6.30. The van der Waals surface area contributed by atoms with E-state index in [0.29, 0.717) is 16.8 Å². The van der Waals surface area contributed by atoms with Crippen molar-refractivity contribution in [3.63, 3.8) is 0 Å². The normalized spacial score (nSPS) is 28.1. The maximum Gasteiger partial charge on any atom is 0.316 e. The van der Waals surface area contributed by atoms with Crippen molar-refractivity contribution < 1.29 is 9.53 Å². The molecule has 26 heavy (non-hydrogen) atoms. The number of fused-ring (bicyclic) bond motifs is 2. The molecule has 2 fully saturated rings. The van der Waals surface area contributed by atoms with Crippen LogP contribution in [0, 0.1) is 12.8 Å². The number of piperidine rings is 1. The van der Waals surface area contributed by atoms with Crippen LogP contribution in [0.4, 0.5) is 0 Å². The van der Waals surface area contributed by atoms with Gasteiger partial charge in [-0.3, -0.25) is 9.69 Å². The van der Waals surface area contributed by atoms with Crippen molar-refractivity contribution in [2.45, 2.75) is 44.2 Å². The average molecular weight is 370 g/mol. The molecule has 2 aromatic carbocycles. The summed E-state index contributed by atoms with van der Waals surface area (Å²) >= 11 is 5.94. The summed E-state index contributed by atoms with van der Waals surface area (Å²) in [5.41, 5.74) is 2.49. The molecule has 0 aliphatic carbocycles. The molecule has 0 N–H and O–H groups in total. The van der Waals surface area contributed by atoms with Crippen molar-refractivity contribution in [2.24, 2.45) is 5.92 Å². The van der Waals surface area contributed by atoms with Crippen LogP contribution in [0.3, 0.4) is 0 Å². The summed E-state index contributed by atoms with van der Waals surface area (Å²) in [5, 5.41) is 0.637. The van der Waals surface area contributed by atoms with Gasteiger partial charge in [-0.2, -0.15) is 0 Å². The number of nitrogens with zero attached hydrogens (tertiary/aromatic N) is 1. The van der Waals surface area contributed by atoms with Crippen molar-refractivity contribution in [2.75, 3.05) is 7.05 Å². The lowest BCUT2D eigenvalue weighted by molar-refractivity contribution is -0.143. The van der Waals surface area contributed by atoms with Gasteiger partial charge in [-0.15, -0.1) is 0 Å². The molecule has 0 radical (unpaired) electrons. The Morgan fingerprint density at radius 3 is 2.46 bits per heavy atom. The predicted molar refractivity (Wildman–Crippen MR) is 104 cm³/mol. The van der Waals surface area contributed by atoms with E-state index in [-0.39, 0.29) is 23.8 Å². The quantitative estimate of drug-likeness (QED) is 0.573. The number of aryl methyl sites for hydroxylation is 1. The molecule has 2 bridgehead atoms. The van der Waals surface area contributed by atoms with Crippen LogP contribution in [0.5, 0.6) is 5.75 Å². The molecule has 2 aliphatic rings. The van der Waals surface area contributed by atoms with Gasteiger partial charge < -0.3 is 4.74 Å². The Labute approximate surface area is 159 Å². The van der Waals surface area contributed by atoms with Gasteiger partial charge >= 0.3 is 5.97 Å². The fourth-order valence-corrected chi connectivity index (χ4v) is 4.76. The molecule has 0 spiro atoms. The van der Waals surface area contributed by atoms with Gasteiger partial charge in [-0.25, -0.2) is 0 Å². The topological polar surface area (TPSA) is 29.5 Å². The van der Waals surface area contributed by atoms with E-state index in [9.17, 15) is 4.79 Å². The Hall–Kier alpha value is -1.84. The number of ether oxygens (including phenoxy) is 1. The minimum atomic E-state index is -0.142. The van der Waals surface area contributed by atoms with Crippen LogP contribution in [0.2, 0.25) is 5.02 Å². The van der Waals surface area contributed by atoms with Gasteiger partial charge in [0.2, 0.25) is 0 Å². The van der Waals surface area contributed by atoms with E-state index in [4.69, 9.17) is 16.3 Å². The molecule has 0 amide bonds. The third-order valence-electron chi connectivity index (χ3n) is 6.08. The van der Waals surface area contributed by atoms with Crippen molar-refractivity contribution in [1.82, 2.24) is 4.90 Å². The molecule has 0 unspecified atom stereocenters. The molecule has 3 nitrogen and oxygen atoms in total. The molecule has 2 aliphatic heterocycles. The predicted octanol–water partition coefficient (Wildman–Crippen LogP) is 4.82. The molecule has 0 aromatic heterocycles. The number of halogens is 1. The number of hydrogen-bond donors (Lipinski definition) is 0. The van der Waals surface area contributed by atoms with Gasteiger partial charge in [0, 0.05) is 23.0 Å². The lowest BCUT2D eigenvalue weighted by Crippen LogP contribution is -2.49. The van der Waals surface area contributed by atoms with Crippen LogP contribution in [0.25, 0.3) is 0 Å². The first kappa shape index (κ1) is 17.6. The second kappa shape index (κ2) is 7.05. The van der Waals surface area contributed by atoms with Crippen LogP contribution in [-0.4, -0.2) is 30.0 Å². The molecule has 136 valence electrons. The zero-order valence-corrected chi connectivity index (χ0v) is 15.9. The standard InChI is InChI=1S/C22H24ClNO2/c1-14-3-5-15(6-4-14)19-13-17-9-12-20(24(17)2)21(19)22(25)26-18-10-7-16(23)8-11-18/h3-8,10-11,17,19-21H,9,12-13H2,1-2H3/t17-,19+,20+,21-/m0/s1. The van der Waals surface area contributed by atoms with Gasteiger partial charge in [0.15, 0.2) is 0 Å². The summed E-state index contributed by atoms with van der Waals surface area (Å²) in [6.07, 6.45) is 3.23. The first-order valence-corrected chi connectivity index (χ1v) is 9.66. The lowest BCUT2D eigenvalue weighted by atomic mass is 9.76. The van der Waals surface area contributed by atoms with Crippen molar-refractivity contribution in [1.29, 1.82) is 0 Å². The first-order chi connectivity index (χ1) is 12.5. The number of hydrogen-bond acceptors (Lipinski definition) is 3. The number of carbonyl (C=O) groups is 1. The fraction of sp³-hybridized carbons (Fsp3) is 0.409. The van der Waals surface area contributed by atoms with Crippen LogP contribution in [0.15, 0.2) is 48.5 Å². The second-order valence-electron chi connectivity index (χ2n) is 7.62. The molecule has 4 rings (SSSR count). The summed E-state index contributed by atoms with van der Waals surface area (Å²) in [4.78, 5) is 15.5. The van der Waals surface area contributed by atoms with E-state index in [2.05, 4.69) is 43.1 Å². The number of carbonyl (C=O) groups excluding carboxylic acids is 1. The molecule has 4 atom stereocenters. The molecule has 4 heteroatoms. The van der Waals surface area contributed by atoms with Crippen LogP contribution >= 0.6 is 11.6 Å². The van der Waals surface area contributed by atoms with Crippen molar-refractivity contribution in [3.8, 4) is 5.75 Å². The average Bonchev–Trinajstić information content (AvgIpc) is 2.87. The third-order valence-corrected chi connectivity index (χ3v) is 6.33. The van der Waals surface area contributed by atoms with Crippen molar-refractivity contribution >= 4 is 17.6 Å². The van der Waals surface area contributed by atoms with E-state index in [1.54, 1.807) is 24.3 Å². The van der Waals surface area contributed by atoms with E-state index in [1.165, 1.54) is 11.1 Å². The highest BCUT2D eigenvalue weighted by Gasteiger charge is 2.49. The van der Waals surface area contributed by atoms with E-state index in [1.807, 2.05) is 0 Å². The second-order valence-corrected chi connectivity index (χ2v) is 8.05. The fourth-order valence-electron chi connectivity index (χ4n) is 4.63. The largest absolute Gasteiger partial charge is 0.426 e. The first-order valence-electron chi connectivity index (χ1n) is 9.28. The van der Waals surface area contributed by atoms with Crippen molar-refractivity contribution in [3.05, 3.63) is 64.7 Å². The Morgan fingerprint density at radius 1 is 1.08 bits per heavy atom. The van der Waals surface area contributed by atoms with E-state index >= 15 is 0 Å². The summed E-state index contributed by atoms with van der Waals surface area (Å²) in [5.74, 6) is 0.501. The molecule has 2 aromatic rings. The Kier molecular flexibility index (Phi) is 4.76. The zero-order chi connectivity index (χ0) is 18.3. The van der Waals surface area contributed by atoms with E-state index in [0.717, 1.165) is 19.3 Å². The maximum atomic E-state index is 13.2. The smallest absolute Gasteiger partial charge is 0.316 e. The molecule has 2 heterocycles. The van der Waals surface area contributed by atoms with Gasteiger partial charge in [-0.1, -0.05) is 41.4 Å². The van der Waals surface area contributed by atoms with Crippen LogP contribution < -0.4 is 4.74 Å². The summed E-state index contributed by atoms with van der Waals surface area (Å²) in [7, 11) is 2.15. The molecular formula is C22H24ClNO2. The summed E-state index contributed by atoms with van der Waals surface area (Å²) < 4.78 is 5.76. The Morgan fingerprint density at radius 2 is 1.77 bits per heavy atom. The maximum absolute atomic E-state index is 13.2.